The molecule has 0 aliphatic rings. The number of benzene rings is 8. The van der Waals surface area contributed by atoms with Gasteiger partial charge >= 0.3 is 0 Å². The highest BCUT2D eigenvalue weighted by Gasteiger charge is 2.16. The number of nitrogens with zero attached hydrogens (tertiary/aromatic N) is 4. The Bertz CT molecular complexity index is 2900. The van der Waals surface area contributed by atoms with Crippen molar-refractivity contribution in [3.63, 3.8) is 0 Å². The average molecular weight is 689 g/mol. The van der Waals surface area contributed by atoms with Crippen molar-refractivity contribution in [1.82, 2.24) is 19.9 Å². The molecule has 0 unspecified atom stereocenters. The lowest BCUT2D eigenvalue weighted by Crippen LogP contribution is -2.00. The van der Waals surface area contributed by atoms with Gasteiger partial charge in [-0.25, -0.2) is 19.9 Å². The molecule has 252 valence electrons. The van der Waals surface area contributed by atoms with E-state index in [2.05, 4.69) is 133 Å². The predicted octanol–water partition coefficient (Wildman–Crippen LogP) is 12.7. The molecule has 0 bridgehead atoms. The summed E-state index contributed by atoms with van der Waals surface area (Å²) >= 11 is 0. The van der Waals surface area contributed by atoms with Crippen LogP contribution in [0.15, 0.2) is 194 Å². The van der Waals surface area contributed by atoms with E-state index in [-0.39, 0.29) is 0 Å². The molecule has 0 radical (unpaired) electrons. The first-order chi connectivity index (χ1) is 26.7. The van der Waals surface area contributed by atoms with Gasteiger partial charge in [-0.1, -0.05) is 176 Å². The maximum Gasteiger partial charge on any atom is 0.164 e. The van der Waals surface area contributed by atoms with Crippen molar-refractivity contribution in [3.8, 4) is 67.7 Å². The Hall–Kier alpha value is -7.30. The largest absolute Gasteiger partial charge is 0.247 e. The van der Waals surface area contributed by atoms with Crippen molar-refractivity contribution in [2.24, 2.45) is 0 Å². The standard InChI is InChI=1S/C50H32N4/c1-4-13-34(14-5-1)42-20-12-21-44-46(42)43-19-10-11-22-45(43)51-47(44)35-25-23-33(24-26-35)38-27-28-40-32-41(30-29-39(40)31-38)50-53-48(36-15-6-2-7-16-36)52-49(54-50)37-17-8-3-9-18-37/h1-32H. The lowest BCUT2D eigenvalue weighted by Gasteiger charge is -2.14. The highest BCUT2D eigenvalue weighted by Crippen LogP contribution is 2.39. The summed E-state index contributed by atoms with van der Waals surface area (Å²) in [6.07, 6.45) is 0. The third kappa shape index (κ3) is 5.76. The summed E-state index contributed by atoms with van der Waals surface area (Å²) in [5.74, 6) is 1.96. The number of para-hydroxylation sites is 1. The monoisotopic (exact) mass is 688 g/mol. The molecule has 0 N–H and O–H groups in total. The van der Waals surface area contributed by atoms with Crippen LogP contribution in [0.4, 0.5) is 0 Å². The summed E-state index contributed by atoms with van der Waals surface area (Å²) in [6.45, 7) is 0. The van der Waals surface area contributed by atoms with Crippen LogP contribution in [-0.2, 0) is 0 Å². The minimum absolute atomic E-state index is 0.648. The smallest absolute Gasteiger partial charge is 0.164 e. The minimum Gasteiger partial charge on any atom is -0.247 e. The van der Waals surface area contributed by atoms with E-state index in [1.807, 2.05) is 60.7 Å². The van der Waals surface area contributed by atoms with Gasteiger partial charge < -0.3 is 0 Å². The van der Waals surface area contributed by atoms with Crippen LogP contribution in [0, 0.1) is 0 Å². The predicted molar refractivity (Wildman–Crippen MR) is 223 cm³/mol. The highest BCUT2D eigenvalue weighted by molar-refractivity contribution is 6.17. The molecule has 0 spiro atoms. The van der Waals surface area contributed by atoms with E-state index in [4.69, 9.17) is 19.9 Å². The number of fused-ring (bicyclic) bond motifs is 4. The van der Waals surface area contributed by atoms with Gasteiger partial charge in [-0.3, -0.25) is 0 Å². The van der Waals surface area contributed by atoms with E-state index < -0.39 is 0 Å². The van der Waals surface area contributed by atoms with Crippen LogP contribution in [0.2, 0.25) is 0 Å². The Labute approximate surface area is 313 Å². The minimum atomic E-state index is 0.648. The first-order valence-corrected chi connectivity index (χ1v) is 18.1. The van der Waals surface area contributed by atoms with Gasteiger partial charge in [0.1, 0.15) is 0 Å². The maximum atomic E-state index is 5.22. The summed E-state index contributed by atoms with van der Waals surface area (Å²) in [7, 11) is 0. The zero-order valence-electron chi connectivity index (χ0n) is 29.3. The Morgan fingerprint density at radius 2 is 0.759 bits per heavy atom. The number of pyridine rings is 1. The van der Waals surface area contributed by atoms with Crippen molar-refractivity contribution in [1.29, 1.82) is 0 Å². The molecule has 2 aromatic heterocycles. The Morgan fingerprint density at radius 1 is 0.278 bits per heavy atom. The van der Waals surface area contributed by atoms with Crippen LogP contribution < -0.4 is 0 Å². The zero-order valence-corrected chi connectivity index (χ0v) is 29.3. The average Bonchev–Trinajstić information content (AvgIpc) is 3.26. The Kier molecular flexibility index (Phi) is 7.77. The molecule has 54 heavy (non-hydrogen) atoms. The lowest BCUT2D eigenvalue weighted by molar-refractivity contribution is 1.07. The first-order valence-electron chi connectivity index (χ1n) is 18.1. The number of rotatable bonds is 6. The zero-order chi connectivity index (χ0) is 35.8. The SMILES string of the molecule is c1ccc(-c2nc(-c3ccccc3)nc(-c3ccc4cc(-c5ccc(-c6nc7ccccc7c7c(-c8ccccc8)cccc67)cc5)ccc4c3)n2)cc1. The maximum absolute atomic E-state index is 5.22. The van der Waals surface area contributed by atoms with Crippen LogP contribution in [0.3, 0.4) is 0 Å². The summed E-state index contributed by atoms with van der Waals surface area (Å²) in [5.41, 5.74) is 10.6. The Morgan fingerprint density at radius 3 is 1.41 bits per heavy atom. The van der Waals surface area contributed by atoms with Gasteiger partial charge in [0, 0.05) is 38.4 Å². The molecule has 10 aromatic rings. The normalized spacial score (nSPS) is 11.3. The van der Waals surface area contributed by atoms with Crippen molar-refractivity contribution in [2.75, 3.05) is 0 Å². The van der Waals surface area contributed by atoms with Gasteiger partial charge in [-0.2, -0.15) is 0 Å². The van der Waals surface area contributed by atoms with Gasteiger partial charge in [-0.15, -0.1) is 0 Å². The Balaban J connectivity index is 1.01. The summed E-state index contributed by atoms with van der Waals surface area (Å²) in [6, 6.07) is 67.7. The molecule has 4 nitrogen and oxygen atoms in total. The second-order valence-corrected chi connectivity index (χ2v) is 13.5. The molecule has 0 saturated heterocycles. The van der Waals surface area contributed by atoms with Crippen LogP contribution >= 0.6 is 0 Å². The second kappa shape index (κ2) is 13.4. The molecule has 0 saturated carbocycles. The third-order valence-electron chi connectivity index (χ3n) is 10.1. The molecule has 2 heterocycles. The molecular formula is C50H32N4. The fourth-order valence-electron chi connectivity index (χ4n) is 7.40. The summed E-state index contributed by atoms with van der Waals surface area (Å²) < 4.78 is 0. The molecule has 0 aliphatic carbocycles. The molecule has 0 atom stereocenters. The van der Waals surface area contributed by atoms with E-state index in [0.717, 1.165) is 66.1 Å². The van der Waals surface area contributed by atoms with E-state index in [1.54, 1.807) is 0 Å². The third-order valence-corrected chi connectivity index (χ3v) is 10.1. The van der Waals surface area contributed by atoms with E-state index in [1.165, 1.54) is 16.5 Å². The van der Waals surface area contributed by atoms with Crippen molar-refractivity contribution in [3.05, 3.63) is 194 Å². The van der Waals surface area contributed by atoms with Crippen LogP contribution in [0.25, 0.3) is 100 Å². The van der Waals surface area contributed by atoms with Gasteiger partial charge in [-0.05, 0) is 51.2 Å². The van der Waals surface area contributed by atoms with Crippen LogP contribution in [-0.4, -0.2) is 19.9 Å². The molecule has 0 aliphatic heterocycles. The van der Waals surface area contributed by atoms with Crippen LogP contribution in [0.1, 0.15) is 0 Å². The van der Waals surface area contributed by atoms with E-state index in [9.17, 15) is 0 Å². The van der Waals surface area contributed by atoms with Crippen LogP contribution in [0.5, 0.6) is 0 Å². The van der Waals surface area contributed by atoms with E-state index in [0.29, 0.717) is 17.5 Å². The van der Waals surface area contributed by atoms with E-state index >= 15 is 0 Å². The molecular weight excluding hydrogens is 657 g/mol. The number of aromatic nitrogens is 4. The first kappa shape index (κ1) is 31.4. The topological polar surface area (TPSA) is 51.6 Å². The molecule has 4 heteroatoms. The number of hydrogen-bond acceptors (Lipinski definition) is 4. The van der Waals surface area contributed by atoms with Crippen molar-refractivity contribution < 1.29 is 0 Å². The second-order valence-electron chi connectivity index (χ2n) is 13.5. The fourth-order valence-corrected chi connectivity index (χ4v) is 7.40. The van der Waals surface area contributed by atoms with Crippen molar-refractivity contribution >= 4 is 32.4 Å². The van der Waals surface area contributed by atoms with Gasteiger partial charge in [0.25, 0.3) is 0 Å². The molecule has 10 rings (SSSR count). The molecule has 8 aromatic carbocycles. The summed E-state index contributed by atoms with van der Waals surface area (Å²) in [5, 5.41) is 5.81. The number of hydrogen-bond donors (Lipinski definition) is 0. The van der Waals surface area contributed by atoms with Crippen molar-refractivity contribution in [2.45, 2.75) is 0 Å². The summed E-state index contributed by atoms with van der Waals surface area (Å²) in [4.78, 5) is 19.9. The fraction of sp³-hybridized carbons (Fsp3) is 0. The van der Waals surface area contributed by atoms with Gasteiger partial charge in [0.15, 0.2) is 17.5 Å². The van der Waals surface area contributed by atoms with Gasteiger partial charge in [0.05, 0.1) is 11.2 Å². The quantitative estimate of drug-likeness (QED) is 0.163. The molecule has 0 amide bonds. The van der Waals surface area contributed by atoms with Gasteiger partial charge in [0.2, 0.25) is 0 Å². The lowest BCUT2D eigenvalue weighted by atomic mass is 9.92. The molecule has 0 fully saturated rings. The highest BCUT2D eigenvalue weighted by atomic mass is 15.0.